The van der Waals surface area contributed by atoms with Crippen LogP contribution in [0.25, 0.3) is 0 Å². The zero-order valence-electron chi connectivity index (χ0n) is 9.43. The van der Waals surface area contributed by atoms with Gasteiger partial charge in [-0.3, -0.25) is 0 Å². The molecule has 0 N–H and O–H groups in total. The molecule has 1 fully saturated rings. The number of carbonyl (C=O) groups is 1. The van der Waals surface area contributed by atoms with E-state index in [1.54, 1.807) is 19.0 Å². The Bertz CT molecular complexity index is 337. The van der Waals surface area contributed by atoms with Gasteiger partial charge in [0.05, 0.1) is 11.5 Å². The lowest BCUT2D eigenvalue weighted by atomic mass is 10.2. The van der Waals surface area contributed by atoms with Gasteiger partial charge in [0.1, 0.15) is 0 Å². The van der Waals surface area contributed by atoms with Crippen LogP contribution in [0, 0.1) is 0 Å². The lowest BCUT2D eigenvalue weighted by molar-refractivity contribution is 0.157. The molecule has 0 radical (unpaired) electrons. The molecule has 0 unspecified atom stereocenters. The van der Waals surface area contributed by atoms with E-state index in [1.807, 2.05) is 6.92 Å². The number of rotatable bonds is 2. The monoisotopic (exact) mass is 234 g/mol. The zero-order chi connectivity index (χ0) is 11.6. The molecular weight excluding hydrogens is 216 g/mol. The Kier molecular flexibility index (Phi) is 3.59. The molecule has 5 nitrogen and oxygen atoms in total. The highest BCUT2D eigenvalue weighted by Gasteiger charge is 2.34. The van der Waals surface area contributed by atoms with Crippen LogP contribution in [0.5, 0.6) is 0 Å². The summed E-state index contributed by atoms with van der Waals surface area (Å²) in [7, 11) is 0.428. The van der Waals surface area contributed by atoms with Crippen LogP contribution in [0.4, 0.5) is 4.79 Å². The van der Waals surface area contributed by atoms with Gasteiger partial charge in [0.15, 0.2) is 9.84 Å². The molecule has 0 aromatic rings. The van der Waals surface area contributed by atoms with Gasteiger partial charge in [-0.1, -0.05) is 0 Å². The van der Waals surface area contributed by atoms with Crippen LogP contribution in [-0.4, -0.2) is 62.4 Å². The van der Waals surface area contributed by atoms with Gasteiger partial charge in [-0.15, -0.1) is 0 Å². The number of hydrogen-bond acceptors (Lipinski definition) is 3. The molecule has 15 heavy (non-hydrogen) atoms. The summed E-state index contributed by atoms with van der Waals surface area (Å²) >= 11 is 0. The van der Waals surface area contributed by atoms with E-state index in [0.29, 0.717) is 13.0 Å². The molecule has 6 heteroatoms. The van der Waals surface area contributed by atoms with Gasteiger partial charge >= 0.3 is 6.03 Å². The van der Waals surface area contributed by atoms with Crippen molar-refractivity contribution in [3.63, 3.8) is 0 Å². The van der Waals surface area contributed by atoms with Crippen LogP contribution >= 0.6 is 0 Å². The number of carbonyl (C=O) groups excluding carboxylic acids is 1. The first-order valence-electron chi connectivity index (χ1n) is 5.05. The van der Waals surface area contributed by atoms with E-state index < -0.39 is 9.84 Å². The maximum Gasteiger partial charge on any atom is 0.319 e. The number of sulfone groups is 1. The molecule has 0 bridgehead atoms. The van der Waals surface area contributed by atoms with Gasteiger partial charge in [0, 0.05) is 26.7 Å². The fourth-order valence-electron chi connectivity index (χ4n) is 1.83. The summed E-state index contributed by atoms with van der Waals surface area (Å²) in [5, 5.41) is 0. The first-order valence-corrected chi connectivity index (χ1v) is 6.88. The smallest absolute Gasteiger partial charge is 0.319 e. The van der Waals surface area contributed by atoms with Gasteiger partial charge in [0.2, 0.25) is 0 Å². The summed E-state index contributed by atoms with van der Waals surface area (Å²) in [5.41, 5.74) is 0. The molecule has 0 aromatic heterocycles. The van der Waals surface area contributed by atoms with Gasteiger partial charge in [-0.2, -0.15) is 0 Å². The summed E-state index contributed by atoms with van der Waals surface area (Å²) in [6, 6.07) is -0.255. The summed E-state index contributed by atoms with van der Waals surface area (Å²) in [4.78, 5) is 14.8. The molecule has 0 spiro atoms. The van der Waals surface area contributed by atoms with Crippen molar-refractivity contribution >= 4 is 15.9 Å². The molecule has 1 atom stereocenters. The van der Waals surface area contributed by atoms with E-state index in [0.717, 1.165) is 0 Å². The largest absolute Gasteiger partial charge is 0.331 e. The summed E-state index contributed by atoms with van der Waals surface area (Å²) in [6.07, 6.45) is 0.565. The molecule has 1 saturated heterocycles. The fourth-order valence-corrected chi connectivity index (χ4v) is 3.56. The zero-order valence-corrected chi connectivity index (χ0v) is 10.2. The average Bonchev–Trinajstić information content (AvgIpc) is 2.47. The molecule has 0 aromatic carbocycles. The Morgan fingerprint density at radius 3 is 2.33 bits per heavy atom. The van der Waals surface area contributed by atoms with Crippen LogP contribution in [0.3, 0.4) is 0 Å². The molecule has 88 valence electrons. The maximum atomic E-state index is 11.7. The predicted molar refractivity (Wildman–Crippen MR) is 58.5 cm³/mol. The third-order valence-corrected chi connectivity index (χ3v) is 4.37. The lowest BCUT2D eigenvalue weighted by Gasteiger charge is -2.29. The number of nitrogens with zero attached hydrogens (tertiary/aromatic N) is 2. The van der Waals surface area contributed by atoms with E-state index in [4.69, 9.17) is 0 Å². The summed E-state index contributed by atoms with van der Waals surface area (Å²) in [6.45, 7) is 2.42. The van der Waals surface area contributed by atoms with Gasteiger partial charge < -0.3 is 9.80 Å². The SMILES string of the molecule is CCN(C(=O)N(C)C)[C@H]1CCS(=O)(=O)C1. The van der Waals surface area contributed by atoms with Gasteiger partial charge in [-0.25, -0.2) is 13.2 Å². The second-order valence-corrected chi connectivity index (χ2v) is 6.25. The van der Waals surface area contributed by atoms with Gasteiger partial charge in [-0.05, 0) is 13.3 Å². The van der Waals surface area contributed by atoms with E-state index in [9.17, 15) is 13.2 Å². The summed E-state index contributed by atoms with van der Waals surface area (Å²) < 4.78 is 22.6. The van der Waals surface area contributed by atoms with E-state index in [-0.39, 0.29) is 23.6 Å². The van der Waals surface area contributed by atoms with Crippen molar-refractivity contribution in [1.82, 2.24) is 9.80 Å². The molecule has 1 rings (SSSR count). The third-order valence-electron chi connectivity index (χ3n) is 2.62. The van der Waals surface area contributed by atoms with Crippen molar-refractivity contribution in [3.05, 3.63) is 0 Å². The Labute approximate surface area is 91.0 Å². The Hall–Kier alpha value is -0.780. The van der Waals surface area contributed by atoms with E-state index in [1.165, 1.54) is 4.90 Å². The van der Waals surface area contributed by atoms with Crippen molar-refractivity contribution in [2.45, 2.75) is 19.4 Å². The Balaban J connectivity index is 2.73. The van der Waals surface area contributed by atoms with Crippen LogP contribution in [0.15, 0.2) is 0 Å². The molecule has 1 heterocycles. The first-order chi connectivity index (χ1) is 6.87. The van der Waals surface area contributed by atoms with Crippen molar-refractivity contribution in [1.29, 1.82) is 0 Å². The third kappa shape index (κ3) is 2.84. The van der Waals surface area contributed by atoms with Crippen molar-refractivity contribution < 1.29 is 13.2 Å². The molecule has 0 aliphatic carbocycles. The fraction of sp³-hybridized carbons (Fsp3) is 0.889. The van der Waals surface area contributed by atoms with Gasteiger partial charge in [0.25, 0.3) is 0 Å². The quantitative estimate of drug-likeness (QED) is 0.684. The minimum Gasteiger partial charge on any atom is -0.331 e. The van der Waals surface area contributed by atoms with Crippen LogP contribution in [-0.2, 0) is 9.84 Å². The highest BCUT2D eigenvalue weighted by molar-refractivity contribution is 7.91. The number of hydrogen-bond donors (Lipinski definition) is 0. The number of amides is 2. The van der Waals surface area contributed by atoms with Crippen molar-refractivity contribution in [2.75, 3.05) is 32.1 Å². The topological polar surface area (TPSA) is 57.7 Å². The summed E-state index contributed by atoms with van der Waals surface area (Å²) in [5.74, 6) is 0.315. The Morgan fingerprint density at radius 1 is 1.40 bits per heavy atom. The van der Waals surface area contributed by atoms with Crippen molar-refractivity contribution in [3.8, 4) is 0 Å². The second kappa shape index (κ2) is 4.38. The average molecular weight is 234 g/mol. The van der Waals surface area contributed by atoms with Crippen molar-refractivity contribution in [2.24, 2.45) is 0 Å². The first kappa shape index (κ1) is 12.3. The van der Waals surface area contributed by atoms with Crippen LogP contribution < -0.4 is 0 Å². The molecule has 1 aliphatic rings. The predicted octanol–water partition coefficient (Wildman–Crippen LogP) is 0.177. The van der Waals surface area contributed by atoms with Crippen LogP contribution in [0.2, 0.25) is 0 Å². The van der Waals surface area contributed by atoms with E-state index >= 15 is 0 Å². The van der Waals surface area contributed by atoms with E-state index in [2.05, 4.69) is 0 Å². The molecule has 1 aliphatic heterocycles. The number of urea groups is 1. The minimum atomic E-state index is -2.92. The Morgan fingerprint density at radius 2 is 2.00 bits per heavy atom. The highest BCUT2D eigenvalue weighted by Crippen LogP contribution is 2.18. The standard InChI is InChI=1S/C9H18N2O3S/c1-4-11(9(12)10(2)3)8-5-6-15(13,14)7-8/h8H,4-7H2,1-3H3/t8-/m0/s1. The molecular formula is C9H18N2O3S. The lowest BCUT2D eigenvalue weighted by Crippen LogP contribution is -2.46. The molecule has 2 amide bonds. The molecule has 0 saturated carbocycles. The second-order valence-electron chi connectivity index (χ2n) is 4.02. The maximum absolute atomic E-state index is 11.7. The minimum absolute atomic E-state index is 0.111. The highest BCUT2D eigenvalue weighted by atomic mass is 32.2. The van der Waals surface area contributed by atoms with Crippen LogP contribution in [0.1, 0.15) is 13.3 Å². The normalized spacial score (nSPS) is 23.8.